The summed E-state index contributed by atoms with van der Waals surface area (Å²) in [5.74, 6) is -0.934. The lowest BCUT2D eigenvalue weighted by Gasteiger charge is -2.50. The molecule has 2 heterocycles. The molecule has 2 aliphatic heterocycles. The highest BCUT2D eigenvalue weighted by Crippen LogP contribution is 2.43. The van der Waals surface area contributed by atoms with E-state index in [1.54, 1.807) is 0 Å². The van der Waals surface area contributed by atoms with E-state index in [-0.39, 0.29) is 19.1 Å². The summed E-state index contributed by atoms with van der Waals surface area (Å²) in [5.41, 5.74) is 2.10. The Morgan fingerprint density at radius 1 is 1.10 bits per heavy atom. The van der Waals surface area contributed by atoms with Crippen LogP contribution in [0.15, 0.2) is 65.8 Å². The quantitative estimate of drug-likeness (QED) is 0.307. The molecule has 2 aromatic carbocycles. The number of nitrogens with zero attached hydrogens (tertiary/aromatic N) is 2. The third-order valence-electron chi connectivity index (χ3n) is 7.58. The predicted octanol–water partition coefficient (Wildman–Crippen LogP) is 2.32. The van der Waals surface area contributed by atoms with Crippen molar-refractivity contribution < 1.29 is 29.0 Å². The first-order valence-corrected chi connectivity index (χ1v) is 13.5. The number of hydrogen-bond acceptors (Lipinski definition) is 7. The monoisotopic (exact) mass is 563 g/mol. The van der Waals surface area contributed by atoms with Crippen LogP contribution in [0.3, 0.4) is 0 Å². The summed E-state index contributed by atoms with van der Waals surface area (Å²) in [6.07, 6.45) is -1.37. The van der Waals surface area contributed by atoms with Gasteiger partial charge in [-0.25, -0.2) is 10.2 Å². The van der Waals surface area contributed by atoms with Gasteiger partial charge in [-0.3, -0.25) is 14.5 Å². The summed E-state index contributed by atoms with van der Waals surface area (Å²) in [7, 11) is 0. The number of likely N-dealkylation sites (tertiary alicyclic amines) is 1. The van der Waals surface area contributed by atoms with E-state index in [0.29, 0.717) is 19.3 Å². The van der Waals surface area contributed by atoms with E-state index in [2.05, 4.69) is 21.2 Å². The third-order valence-corrected chi connectivity index (χ3v) is 7.58. The molecule has 0 aliphatic carbocycles. The normalized spacial score (nSPS) is 21.6. The van der Waals surface area contributed by atoms with Crippen molar-refractivity contribution in [2.75, 3.05) is 13.1 Å². The van der Waals surface area contributed by atoms with Gasteiger partial charge in [0.2, 0.25) is 5.91 Å². The number of carbonyl (C=O) groups is 4. The van der Waals surface area contributed by atoms with Crippen LogP contribution in [0.25, 0.3) is 0 Å². The highest BCUT2D eigenvalue weighted by molar-refractivity contribution is 6.15. The van der Waals surface area contributed by atoms with Crippen LogP contribution in [0.4, 0.5) is 4.79 Å². The van der Waals surface area contributed by atoms with Crippen LogP contribution in [-0.4, -0.2) is 70.8 Å². The predicted molar refractivity (Wildman–Crippen MR) is 152 cm³/mol. The van der Waals surface area contributed by atoms with E-state index < -0.39 is 40.6 Å². The molecular weight excluding hydrogens is 526 g/mol. The molecule has 11 heteroatoms. The lowest BCUT2D eigenvalue weighted by molar-refractivity contribution is -0.145. The summed E-state index contributed by atoms with van der Waals surface area (Å²) >= 11 is 0. The molecule has 3 amide bonds. The van der Waals surface area contributed by atoms with Crippen molar-refractivity contribution in [3.63, 3.8) is 0 Å². The molecule has 0 spiro atoms. The molecule has 2 aromatic rings. The molecule has 4 N–H and O–H groups in total. The average Bonchev–Trinajstić information content (AvgIpc) is 3.24. The van der Waals surface area contributed by atoms with Gasteiger partial charge in [-0.05, 0) is 31.4 Å². The minimum atomic E-state index is -1.52. The fourth-order valence-corrected chi connectivity index (χ4v) is 5.72. The van der Waals surface area contributed by atoms with Gasteiger partial charge in [-0.1, -0.05) is 74.5 Å². The highest BCUT2D eigenvalue weighted by atomic mass is 16.5. The van der Waals surface area contributed by atoms with Crippen LogP contribution in [0.2, 0.25) is 0 Å². The zero-order valence-electron chi connectivity index (χ0n) is 23.7. The van der Waals surface area contributed by atoms with E-state index in [9.17, 15) is 24.3 Å². The number of nitrogens with one attached hydrogen (secondary N) is 3. The fourth-order valence-electron chi connectivity index (χ4n) is 5.72. The van der Waals surface area contributed by atoms with E-state index >= 15 is 0 Å². The summed E-state index contributed by atoms with van der Waals surface area (Å²) in [4.78, 5) is 52.4. The maximum atomic E-state index is 13.5. The Bertz CT molecular complexity index is 1310. The SMILES string of the molecule is CC1(C)CN(C(OCc2ccccc2)[C@H](C=O)NC(=O)C(C)(C)NC(=O)O)CC2(Cc3ccccc3)C(=O)NN=C12. The average molecular weight is 564 g/mol. The van der Waals surface area contributed by atoms with Crippen molar-refractivity contribution in [2.45, 2.75) is 58.5 Å². The molecule has 0 radical (unpaired) electrons. The Morgan fingerprint density at radius 2 is 1.71 bits per heavy atom. The summed E-state index contributed by atoms with van der Waals surface area (Å²) < 4.78 is 6.36. The molecule has 3 atom stereocenters. The van der Waals surface area contributed by atoms with Crippen LogP contribution in [0.5, 0.6) is 0 Å². The van der Waals surface area contributed by atoms with Crippen molar-refractivity contribution >= 4 is 29.9 Å². The van der Waals surface area contributed by atoms with Crippen molar-refractivity contribution in [3.05, 3.63) is 71.8 Å². The van der Waals surface area contributed by atoms with Gasteiger partial charge in [-0.15, -0.1) is 0 Å². The van der Waals surface area contributed by atoms with Gasteiger partial charge in [0.1, 0.15) is 29.5 Å². The fraction of sp³-hybridized carbons (Fsp3) is 0.433. The first-order chi connectivity index (χ1) is 19.4. The largest absolute Gasteiger partial charge is 0.465 e. The van der Waals surface area contributed by atoms with Crippen molar-refractivity contribution in [1.82, 2.24) is 21.0 Å². The lowest BCUT2D eigenvalue weighted by Crippen LogP contribution is -2.67. The Morgan fingerprint density at radius 3 is 2.29 bits per heavy atom. The van der Waals surface area contributed by atoms with Crippen molar-refractivity contribution in [2.24, 2.45) is 15.9 Å². The van der Waals surface area contributed by atoms with E-state index in [4.69, 9.17) is 4.74 Å². The van der Waals surface area contributed by atoms with Crippen LogP contribution in [0.1, 0.15) is 38.8 Å². The number of ether oxygens (including phenoxy) is 1. The molecule has 4 rings (SSSR count). The van der Waals surface area contributed by atoms with E-state index in [1.165, 1.54) is 13.8 Å². The molecule has 2 aliphatic rings. The molecule has 41 heavy (non-hydrogen) atoms. The standard InChI is InChI=1S/C30H37N5O6/c1-28(2)18-35(19-30(24(28)33-34-26(30)38)15-20-11-7-5-8-12-20)23(41-17-21-13-9-6-10-14-21)22(16-36)31-25(37)29(3,4)32-27(39)40/h5-14,16,22-23,32H,15,17-19H2,1-4H3,(H,31,37)(H,34,38)(H,39,40)/t22-,23?,30?/m0/s1. The second-order valence-corrected chi connectivity index (χ2v) is 11.8. The number of hydrazone groups is 1. The van der Waals surface area contributed by atoms with Crippen LogP contribution in [-0.2, 0) is 32.1 Å². The number of benzene rings is 2. The maximum absolute atomic E-state index is 13.5. The minimum absolute atomic E-state index is 0.137. The second-order valence-electron chi connectivity index (χ2n) is 11.8. The zero-order valence-corrected chi connectivity index (χ0v) is 23.7. The van der Waals surface area contributed by atoms with Crippen molar-refractivity contribution in [1.29, 1.82) is 0 Å². The first kappa shape index (κ1) is 29.9. The number of rotatable bonds is 11. The second kappa shape index (κ2) is 11.8. The molecule has 1 saturated heterocycles. The Labute approximate surface area is 239 Å². The summed E-state index contributed by atoms with van der Waals surface area (Å²) in [5, 5.41) is 18.5. The van der Waals surface area contributed by atoms with Crippen LogP contribution in [0, 0.1) is 10.8 Å². The Balaban J connectivity index is 1.70. The van der Waals surface area contributed by atoms with Gasteiger partial charge < -0.3 is 25.3 Å². The first-order valence-electron chi connectivity index (χ1n) is 13.5. The van der Waals surface area contributed by atoms with Gasteiger partial charge in [-0.2, -0.15) is 5.10 Å². The van der Waals surface area contributed by atoms with Gasteiger partial charge >= 0.3 is 6.09 Å². The highest BCUT2D eigenvalue weighted by Gasteiger charge is 2.58. The molecule has 1 fully saturated rings. The lowest BCUT2D eigenvalue weighted by atomic mass is 9.64. The summed E-state index contributed by atoms with van der Waals surface area (Å²) in [6.45, 7) is 7.49. The topological polar surface area (TPSA) is 149 Å². The van der Waals surface area contributed by atoms with Gasteiger partial charge in [0.15, 0.2) is 0 Å². The number of carbonyl (C=O) groups excluding carboxylic acids is 3. The molecule has 0 aromatic heterocycles. The number of piperidine rings is 1. The van der Waals surface area contributed by atoms with Gasteiger partial charge in [0.05, 0.1) is 12.3 Å². The smallest absolute Gasteiger partial charge is 0.405 e. The van der Waals surface area contributed by atoms with Crippen LogP contribution < -0.4 is 16.1 Å². The summed E-state index contributed by atoms with van der Waals surface area (Å²) in [6, 6.07) is 17.9. The van der Waals surface area contributed by atoms with E-state index in [0.717, 1.165) is 16.8 Å². The van der Waals surface area contributed by atoms with Crippen molar-refractivity contribution in [3.8, 4) is 0 Å². The molecule has 0 bridgehead atoms. The molecular formula is C30H37N5O6. The third kappa shape index (κ3) is 6.47. The number of fused-ring (bicyclic) bond motifs is 1. The Hall–Kier alpha value is -4.09. The molecule has 2 unspecified atom stereocenters. The van der Waals surface area contributed by atoms with Gasteiger partial charge in [0, 0.05) is 18.5 Å². The number of aldehydes is 1. The van der Waals surface area contributed by atoms with E-state index in [1.807, 2.05) is 79.4 Å². The van der Waals surface area contributed by atoms with Crippen LogP contribution >= 0.6 is 0 Å². The molecule has 0 saturated carbocycles. The van der Waals surface area contributed by atoms with Gasteiger partial charge in [0.25, 0.3) is 5.91 Å². The molecule has 11 nitrogen and oxygen atoms in total. The zero-order chi connectivity index (χ0) is 29.8. The number of hydrogen-bond donors (Lipinski definition) is 4. The molecule has 218 valence electrons. The maximum Gasteiger partial charge on any atom is 0.405 e. The Kier molecular flexibility index (Phi) is 8.60. The number of carboxylic acid groups (broad SMARTS) is 1. The minimum Gasteiger partial charge on any atom is -0.465 e. The number of amides is 3.